The summed E-state index contributed by atoms with van der Waals surface area (Å²) in [4.78, 5) is 4.10. The highest BCUT2D eigenvalue weighted by molar-refractivity contribution is 5.29. The number of nitrogens with zero attached hydrogens (tertiary/aromatic N) is 3. The summed E-state index contributed by atoms with van der Waals surface area (Å²) in [6, 6.07) is 10.0. The summed E-state index contributed by atoms with van der Waals surface area (Å²) in [5.41, 5.74) is 0.238. The van der Waals surface area contributed by atoms with E-state index in [-0.39, 0.29) is 6.61 Å². The zero-order valence-electron chi connectivity index (χ0n) is 10.7. The number of ether oxygens (including phenoxy) is 1. The van der Waals surface area contributed by atoms with Gasteiger partial charge in [-0.05, 0) is 25.0 Å². The van der Waals surface area contributed by atoms with Gasteiger partial charge in [0.2, 0.25) is 0 Å². The average Bonchev–Trinajstić information content (AvgIpc) is 3.07. The first-order chi connectivity index (χ1) is 9.25. The normalized spacial score (nSPS) is 17.5. The smallest absolute Gasteiger partial charge is 0.335 e. The van der Waals surface area contributed by atoms with Crippen LogP contribution in [0.5, 0.6) is 6.01 Å². The summed E-state index contributed by atoms with van der Waals surface area (Å²) in [6.07, 6.45) is 5.33. The molecule has 1 saturated carbocycles. The Balaban J connectivity index is 1.65. The van der Waals surface area contributed by atoms with Crippen molar-refractivity contribution >= 4 is 0 Å². The van der Waals surface area contributed by atoms with Crippen LogP contribution in [0.2, 0.25) is 0 Å². The number of aromatic nitrogens is 3. The van der Waals surface area contributed by atoms with Crippen molar-refractivity contribution in [2.45, 2.75) is 31.3 Å². The lowest BCUT2D eigenvalue weighted by Crippen LogP contribution is -2.32. The molecule has 0 radical (unpaired) electrons. The number of hydrogen-bond acceptors (Lipinski definition) is 4. The third-order valence-electron chi connectivity index (χ3n) is 3.50. The van der Waals surface area contributed by atoms with Crippen LogP contribution in [0.1, 0.15) is 25.7 Å². The van der Waals surface area contributed by atoms with Gasteiger partial charge < -0.3 is 9.84 Å². The van der Waals surface area contributed by atoms with Crippen LogP contribution in [0.4, 0.5) is 0 Å². The quantitative estimate of drug-likeness (QED) is 0.911. The molecule has 19 heavy (non-hydrogen) atoms. The fourth-order valence-corrected chi connectivity index (χ4v) is 2.40. The Morgan fingerprint density at radius 2 is 1.95 bits per heavy atom. The van der Waals surface area contributed by atoms with Gasteiger partial charge >= 0.3 is 6.01 Å². The van der Waals surface area contributed by atoms with E-state index in [2.05, 4.69) is 10.1 Å². The van der Waals surface area contributed by atoms with Gasteiger partial charge in [0.25, 0.3) is 0 Å². The molecule has 0 aliphatic heterocycles. The highest BCUT2D eigenvalue weighted by Crippen LogP contribution is 2.29. The van der Waals surface area contributed by atoms with Gasteiger partial charge in [-0.1, -0.05) is 31.0 Å². The van der Waals surface area contributed by atoms with Crippen molar-refractivity contribution in [1.82, 2.24) is 14.8 Å². The van der Waals surface area contributed by atoms with E-state index < -0.39 is 5.60 Å². The van der Waals surface area contributed by atoms with Gasteiger partial charge in [0.05, 0.1) is 11.3 Å². The van der Waals surface area contributed by atoms with Crippen LogP contribution in [0.15, 0.2) is 36.7 Å². The van der Waals surface area contributed by atoms with Gasteiger partial charge in [0, 0.05) is 0 Å². The minimum atomic E-state index is -0.696. The first-order valence-corrected chi connectivity index (χ1v) is 6.57. The van der Waals surface area contributed by atoms with E-state index in [1.165, 1.54) is 0 Å². The predicted octanol–water partition coefficient (Wildman–Crippen LogP) is 1.95. The maximum absolute atomic E-state index is 10.2. The van der Waals surface area contributed by atoms with E-state index in [0.717, 1.165) is 31.4 Å². The van der Waals surface area contributed by atoms with Crippen molar-refractivity contribution in [2.75, 3.05) is 6.61 Å². The minimum absolute atomic E-state index is 0.270. The summed E-state index contributed by atoms with van der Waals surface area (Å²) >= 11 is 0. The van der Waals surface area contributed by atoms with Gasteiger partial charge in [0.1, 0.15) is 12.9 Å². The first-order valence-electron chi connectivity index (χ1n) is 6.57. The van der Waals surface area contributed by atoms with Crippen LogP contribution in [-0.4, -0.2) is 32.1 Å². The standard InChI is InChI=1S/C14H17N3O2/c18-14(8-4-5-9-14)10-19-13-15-11-17(16-13)12-6-2-1-3-7-12/h1-3,6-7,11,18H,4-5,8-10H2. The molecule has 1 fully saturated rings. The first kappa shape index (κ1) is 12.2. The molecule has 1 aromatic heterocycles. The second kappa shape index (κ2) is 5.01. The van der Waals surface area contributed by atoms with Crippen molar-refractivity contribution in [3.8, 4) is 11.7 Å². The molecule has 1 N–H and O–H groups in total. The molecule has 100 valence electrons. The molecule has 0 atom stereocenters. The topological polar surface area (TPSA) is 60.2 Å². The largest absolute Gasteiger partial charge is 0.459 e. The molecular weight excluding hydrogens is 242 g/mol. The molecule has 0 spiro atoms. The van der Waals surface area contributed by atoms with Gasteiger partial charge in [-0.2, -0.15) is 4.98 Å². The van der Waals surface area contributed by atoms with E-state index in [1.54, 1.807) is 11.0 Å². The summed E-state index contributed by atoms with van der Waals surface area (Å²) in [5.74, 6) is 0. The summed E-state index contributed by atoms with van der Waals surface area (Å²) < 4.78 is 7.16. The molecule has 1 aliphatic rings. The van der Waals surface area contributed by atoms with Crippen LogP contribution in [0.3, 0.4) is 0 Å². The van der Waals surface area contributed by atoms with Crippen molar-refractivity contribution in [1.29, 1.82) is 0 Å². The molecule has 1 heterocycles. The Morgan fingerprint density at radius 3 is 2.68 bits per heavy atom. The predicted molar refractivity (Wildman–Crippen MR) is 70.3 cm³/mol. The van der Waals surface area contributed by atoms with Crippen molar-refractivity contribution in [3.05, 3.63) is 36.7 Å². The van der Waals surface area contributed by atoms with Crippen molar-refractivity contribution in [2.24, 2.45) is 0 Å². The third kappa shape index (κ3) is 2.76. The van der Waals surface area contributed by atoms with Gasteiger partial charge in [-0.15, -0.1) is 5.10 Å². The molecule has 1 aromatic carbocycles. The molecule has 2 aromatic rings. The van der Waals surface area contributed by atoms with Crippen LogP contribution < -0.4 is 4.74 Å². The molecule has 3 rings (SSSR count). The Morgan fingerprint density at radius 1 is 1.21 bits per heavy atom. The molecule has 1 aliphatic carbocycles. The molecule has 0 unspecified atom stereocenters. The fraction of sp³-hybridized carbons (Fsp3) is 0.429. The van der Waals surface area contributed by atoms with E-state index >= 15 is 0 Å². The molecule has 5 nitrogen and oxygen atoms in total. The van der Waals surface area contributed by atoms with Crippen LogP contribution in [-0.2, 0) is 0 Å². The Kier molecular flexibility index (Phi) is 3.21. The van der Waals surface area contributed by atoms with Gasteiger partial charge in [-0.3, -0.25) is 0 Å². The second-order valence-corrected chi connectivity index (χ2v) is 5.03. The third-order valence-corrected chi connectivity index (χ3v) is 3.50. The Hall–Kier alpha value is -1.88. The fourth-order valence-electron chi connectivity index (χ4n) is 2.40. The summed E-state index contributed by atoms with van der Waals surface area (Å²) in [6.45, 7) is 0.270. The van der Waals surface area contributed by atoms with Gasteiger partial charge in [-0.25, -0.2) is 4.68 Å². The molecular formula is C14H17N3O2. The molecule has 0 bridgehead atoms. The second-order valence-electron chi connectivity index (χ2n) is 5.03. The van der Waals surface area contributed by atoms with Crippen molar-refractivity contribution in [3.63, 3.8) is 0 Å². The Labute approximate surface area is 111 Å². The van der Waals surface area contributed by atoms with Gasteiger partial charge in [0.15, 0.2) is 0 Å². The van der Waals surface area contributed by atoms with E-state index in [4.69, 9.17) is 4.74 Å². The lowest BCUT2D eigenvalue weighted by atomic mass is 10.0. The van der Waals surface area contributed by atoms with E-state index in [9.17, 15) is 5.11 Å². The molecule has 0 saturated heterocycles. The lowest BCUT2D eigenvalue weighted by Gasteiger charge is -2.20. The highest BCUT2D eigenvalue weighted by atomic mass is 16.5. The Bertz CT molecular complexity index is 533. The number of para-hydroxylation sites is 1. The minimum Gasteiger partial charge on any atom is -0.459 e. The maximum Gasteiger partial charge on any atom is 0.335 e. The van der Waals surface area contributed by atoms with Crippen LogP contribution in [0.25, 0.3) is 5.69 Å². The zero-order chi connectivity index (χ0) is 13.1. The highest BCUT2D eigenvalue weighted by Gasteiger charge is 2.32. The SMILES string of the molecule is OC1(COc2ncn(-c3ccccc3)n2)CCCC1. The number of aliphatic hydroxyl groups is 1. The number of benzene rings is 1. The zero-order valence-corrected chi connectivity index (χ0v) is 10.7. The lowest BCUT2D eigenvalue weighted by molar-refractivity contribution is -0.00148. The summed E-state index contributed by atoms with van der Waals surface area (Å²) in [5, 5.41) is 14.4. The van der Waals surface area contributed by atoms with Crippen LogP contribution >= 0.6 is 0 Å². The van der Waals surface area contributed by atoms with Crippen LogP contribution in [0, 0.1) is 0 Å². The maximum atomic E-state index is 10.2. The molecule has 5 heteroatoms. The monoisotopic (exact) mass is 259 g/mol. The summed E-state index contributed by atoms with van der Waals surface area (Å²) in [7, 11) is 0. The van der Waals surface area contributed by atoms with Crippen molar-refractivity contribution < 1.29 is 9.84 Å². The number of rotatable bonds is 4. The molecule has 0 amide bonds. The van der Waals surface area contributed by atoms with E-state index in [0.29, 0.717) is 6.01 Å². The number of hydrogen-bond donors (Lipinski definition) is 1. The average molecular weight is 259 g/mol. The van der Waals surface area contributed by atoms with E-state index in [1.807, 2.05) is 30.3 Å².